The first kappa shape index (κ1) is 17.6. The normalized spacial score (nSPS) is 16.2. The van der Waals surface area contributed by atoms with Crippen LogP contribution in [0.1, 0.15) is 39.9 Å². The second-order valence-corrected chi connectivity index (χ2v) is 9.29. The van der Waals surface area contributed by atoms with E-state index in [2.05, 4.69) is 0 Å². The molecule has 2 aromatic rings. The van der Waals surface area contributed by atoms with Crippen molar-refractivity contribution in [2.24, 2.45) is 0 Å². The molecule has 0 fully saturated rings. The van der Waals surface area contributed by atoms with Gasteiger partial charge in [-0.05, 0) is 44.7 Å². The lowest BCUT2D eigenvalue weighted by atomic mass is 10.0. The molecule has 3 rings (SSSR count). The van der Waals surface area contributed by atoms with Gasteiger partial charge in [0.2, 0.25) is 12.7 Å². The molecule has 0 amide bonds. The third-order valence-corrected chi connectivity index (χ3v) is 7.52. The van der Waals surface area contributed by atoms with E-state index in [-0.39, 0.29) is 5.52 Å². The monoisotopic (exact) mass is 350 g/mol. The van der Waals surface area contributed by atoms with E-state index in [0.29, 0.717) is 16.2 Å². The lowest BCUT2D eigenvalue weighted by Gasteiger charge is -2.22. The lowest BCUT2D eigenvalue weighted by Crippen LogP contribution is -2.17. The van der Waals surface area contributed by atoms with Crippen LogP contribution in [0.3, 0.4) is 0 Å². The van der Waals surface area contributed by atoms with Crippen molar-refractivity contribution in [1.29, 1.82) is 0 Å². The highest BCUT2D eigenvalue weighted by atomic mass is 31.2. The molecule has 0 aromatic heterocycles. The van der Waals surface area contributed by atoms with Gasteiger partial charge in [0, 0.05) is 16.2 Å². The topological polar surface area (TPSA) is 34.1 Å². The average Bonchev–Trinajstić information content (AvgIpc) is 2.61. The number of hydrogen-bond donors (Lipinski definition) is 0. The summed E-state index contributed by atoms with van der Waals surface area (Å²) in [4.78, 5) is 13.6. The highest BCUT2D eigenvalue weighted by Gasteiger charge is 2.38. The van der Waals surface area contributed by atoms with Gasteiger partial charge in [0.1, 0.15) is 0 Å². The van der Waals surface area contributed by atoms with Gasteiger partial charge < -0.3 is 4.57 Å². The quantitative estimate of drug-likeness (QED) is 0.665. The molecule has 0 saturated heterocycles. The number of carbonyl (C=O) groups excluding carboxylic acids is 1. The predicted molar refractivity (Wildman–Crippen MR) is 105 cm³/mol. The van der Waals surface area contributed by atoms with Crippen molar-refractivity contribution in [2.45, 2.75) is 33.6 Å². The van der Waals surface area contributed by atoms with Gasteiger partial charge in [-0.25, -0.2) is 0 Å². The largest absolute Gasteiger partial charge is 0.305 e. The molecule has 0 heterocycles. The summed E-state index contributed by atoms with van der Waals surface area (Å²) in [7, 11) is -3.39. The van der Waals surface area contributed by atoms with E-state index in [1.54, 1.807) is 12.1 Å². The lowest BCUT2D eigenvalue weighted by molar-refractivity contribution is 0.107. The molecule has 1 aliphatic rings. The van der Waals surface area contributed by atoms with Crippen LogP contribution in [0, 0.1) is 20.8 Å². The molecule has 2 aromatic carbocycles. The standard InChI is InChI=1S/C22H23O2P/c1-16-14-17(2)21(18(3)15-16)22(23)25(24,19-10-6-4-7-11-19)20-12-8-5-9-13-20/h4,6-8,10-15H,5,9H2,1-3H3. The van der Waals surface area contributed by atoms with Crippen molar-refractivity contribution in [1.82, 2.24) is 0 Å². The number of benzene rings is 2. The van der Waals surface area contributed by atoms with Crippen molar-refractivity contribution in [3.8, 4) is 0 Å². The van der Waals surface area contributed by atoms with Crippen molar-refractivity contribution >= 4 is 18.0 Å². The van der Waals surface area contributed by atoms with Gasteiger partial charge in [0.05, 0.1) is 0 Å². The molecule has 1 unspecified atom stereocenters. The zero-order valence-corrected chi connectivity index (χ0v) is 15.8. The van der Waals surface area contributed by atoms with Crippen molar-refractivity contribution < 1.29 is 9.36 Å². The van der Waals surface area contributed by atoms with E-state index in [0.717, 1.165) is 29.5 Å². The summed E-state index contributed by atoms with van der Waals surface area (Å²) in [5.74, 6) is 0. The average molecular weight is 350 g/mol. The van der Waals surface area contributed by atoms with Gasteiger partial charge in [-0.2, -0.15) is 0 Å². The maximum atomic E-state index is 14.2. The fourth-order valence-corrected chi connectivity index (χ4v) is 6.26. The van der Waals surface area contributed by atoms with E-state index in [9.17, 15) is 9.36 Å². The van der Waals surface area contributed by atoms with Crippen LogP contribution >= 0.6 is 7.14 Å². The number of hydrogen-bond acceptors (Lipinski definition) is 2. The Morgan fingerprint density at radius 1 is 0.960 bits per heavy atom. The highest BCUT2D eigenvalue weighted by Crippen LogP contribution is 2.57. The van der Waals surface area contributed by atoms with Gasteiger partial charge in [-0.1, -0.05) is 66.3 Å². The van der Waals surface area contributed by atoms with E-state index >= 15 is 0 Å². The second-order valence-electron chi connectivity index (χ2n) is 6.63. The van der Waals surface area contributed by atoms with E-state index in [4.69, 9.17) is 0 Å². The van der Waals surface area contributed by atoms with Gasteiger partial charge >= 0.3 is 0 Å². The Hall–Kier alpha value is -2.18. The number of allylic oxidation sites excluding steroid dienone is 4. The van der Waals surface area contributed by atoms with Gasteiger partial charge in [0.15, 0.2) is 0 Å². The maximum Gasteiger partial charge on any atom is 0.230 e. The first-order valence-electron chi connectivity index (χ1n) is 8.60. The molecule has 128 valence electrons. The summed E-state index contributed by atoms with van der Waals surface area (Å²) in [6, 6.07) is 13.2. The van der Waals surface area contributed by atoms with E-state index < -0.39 is 7.14 Å². The molecule has 0 saturated carbocycles. The fraction of sp³-hybridized carbons (Fsp3) is 0.227. The first-order valence-corrected chi connectivity index (χ1v) is 10.3. The molecule has 0 aliphatic heterocycles. The zero-order chi connectivity index (χ0) is 18.0. The van der Waals surface area contributed by atoms with Crippen LogP contribution in [-0.4, -0.2) is 5.52 Å². The summed E-state index contributed by atoms with van der Waals surface area (Å²) in [5, 5.41) is 1.27. The molecule has 1 atom stereocenters. The molecule has 25 heavy (non-hydrogen) atoms. The molecule has 0 N–H and O–H groups in total. The minimum absolute atomic E-state index is 0.258. The van der Waals surface area contributed by atoms with Crippen LogP contribution in [0.4, 0.5) is 0 Å². The minimum Gasteiger partial charge on any atom is -0.305 e. The molecule has 0 radical (unpaired) electrons. The Balaban J connectivity index is 2.23. The summed E-state index contributed by atoms with van der Waals surface area (Å²) in [6.07, 6.45) is 7.59. The van der Waals surface area contributed by atoms with E-state index in [1.165, 1.54) is 0 Å². The number of rotatable bonds is 4. The number of carbonyl (C=O) groups is 1. The third-order valence-electron chi connectivity index (χ3n) is 4.64. The summed E-state index contributed by atoms with van der Waals surface area (Å²) in [6.45, 7) is 5.86. The van der Waals surface area contributed by atoms with Gasteiger partial charge in [0.25, 0.3) is 0 Å². The Bertz CT molecular complexity index is 897. The third kappa shape index (κ3) is 3.19. The fourth-order valence-electron chi connectivity index (χ4n) is 3.53. The Morgan fingerprint density at radius 3 is 2.16 bits per heavy atom. The molecule has 2 nitrogen and oxygen atoms in total. The Labute approximate surface area is 149 Å². The van der Waals surface area contributed by atoms with Crippen LogP contribution in [0.15, 0.2) is 66.0 Å². The zero-order valence-electron chi connectivity index (χ0n) is 15.0. The van der Waals surface area contributed by atoms with Crippen LogP contribution in [0.2, 0.25) is 0 Å². The van der Waals surface area contributed by atoms with Gasteiger partial charge in [-0.15, -0.1) is 0 Å². The second kappa shape index (κ2) is 6.98. The maximum absolute atomic E-state index is 14.2. The molecule has 0 spiro atoms. The predicted octanol–water partition coefficient (Wildman–Crippen LogP) is 5.67. The minimum atomic E-state index is -3.39. The Morgan fingerprint density at radius 2 is 1.60 bits per heavy atom. The molecule has 1 aliphatic carbocycles. The SMILES string of the molecule is Cc1cc(C)c(C(=O)P(=O)(C2=CCCC=C2)c2ccccc2)c(C)c1. The Kier molecular flexibility index (Phi) is 4.92. The van der Waals surface area contributed by atoms with Crippen molar-refractivity contribution in [3.05, 3.63) is 88.3 Å². The van der Waals surface area contributed by atoms with Crippen LogP contribution < -0.4 is 5.30 Å². The first-order chi connectivity index (χ1) is 11.9. The van der Waals surface area contributed by atoms with Crippen LogP contribution in [0.5, 0.6) is 0 Å². The smallest absolute Gasteiger partial charge is 0.230 e. The molecular weight excluding hydrogens is 327 g/mol. The summed E-state index contributed by atoms with van der Waals surface area (Å²) in [5.41, 5.74) is 3.22. The number of aryl methyl sites for hydroxylation is 3. The van der Waals surface area contributed by atoms with Crippen LogP contribution in [-0.2, 0) is 4.57 Å². The van der Waals surface area contributed by atoms with Gasteiger partial charge in [-0.3, -0.25) is 4.79 Å². The summed E-state index contributed by atoms with van der Waals surface area (Å²) < 4.78 is 14.2. The highest BCUT2D eigenvalue weighted by molar-refractivity contribution is 7.91. The van der Waals surface area contributed by atoms with Crippen molar-refractivity contribution in [3.63, 3.8) is 0 Å². The molecular formula is C22H23O2P. The van der Waals surface area contributed by atoms with Crippen molar-refractivity contribution in [2.75, 3.05) is 0 Å². The molecule has 0 bridgehead atoms. The summed E-state index contributed by atoms with van der Waals surface area (Å²) >= 11 is 0. The molecule has 3 heteroatoms. The van der Waals surface area contributed by atoms with E-state index in [1.807, 2.05) is 69.3 Å². The van der Waals surface area contributed by atoms with Crippen LogP contribution in [0.25, 0.3) is 0 Å².